The second-order valence-corrected chi connectivity index (χ2v) is 6.42. The van der Waals surface area contributed by atoms with Crippen molar-refractivity contribution in [1.82, 2.24) is 10.2 Å². The Kier molecular flexibility index (Phi) is 5.30. The maximum Gasteiger partial charge on any atom is 0.00413 e. The van der Waals surface area contributed by atoms with Crippen molar-refractivity contribution >= 4 is 0 Å². The van der Waals surface area contributed by atoms with Crippen LogP contribution in [0.2, 0.25) is 0 Å². The summed E-state index contributed by atoms with van der Waals surface area (Å²) in [5, 5.41) is 3.73. The lowest BCUT2D eigenvalue weighted by molar-refractivity contribution is 0.208. The van der Waals surface area contributed by atoms with Crippen LogP contribution in [-0.2, 0) is 0 Å². The molecule has 100 valence electrons. The highest BCUT2D eigenvalue weighted by molar-refractivity contribution is 4.76. The van der Waals surface area contributed by atoms with Crippen molar-refractivity contribution < 1.29 is 0 Å². The molecule has 1 aliphatic carbocycles. The first kappa shape index (κ1) is 13.4. The summed E-state index contributed by atoms with van der Waals surface area (Å²) >= 11 is 0. The third-order valence-corrected chi connectivity index (χ3v) is 4.80. The van der Waals surface area contributed by atoms with E-state index in [0.29, 0.717) is 0 Å². The monoisotopic (exact) mass is 238 g/mol. The fraction of sp³-hybridized carbons (Fsp3) is 1.00. The lowest BCUT2D eigenvalue weighted by atomic mass is 9.81. The van der Waals surface area contributed by atoms with Crippen molar-refractivity contribution in [3.8, 4) is 0 Å². The van der Waals surface area contributed by atoms with E-state index >= 15 is 0 Å². The van der Waals surface area contributed by atoms with Crippen LogP contribution in [0.5, 0.6) is 0 Å². The van der Waals surface area contributed by atoms with Crippen molar-refractivity contribution in [3.63, 3.8) is 0 Å². The number of likely N-dealkylation sites (tertiary alicyclic amines) is 1. The van der Waals surface area contributed by atoms with Gasteiger partial charge in [-0.1, -0.05) is 19.3 Å². The quantitative estimate of drug-likeness (QED) is 0.765. The molecule has 17 heavy (non-hydrogen) atoms. The maximum absolute atomic E-state index is 3.73. The summed E-state index contributed by atoms with van der Waals surface area (Å²) in [6.45, 7) is 6.22. The molecule has 0 aromatic heterocycles. The molecule has 0 amide bonds. The van der Waals surface area contributed by atoms with Crippen LogP contribution in [0, 0.1) is 11.8 Å². The van der Waals surface area contributed by atoms with E-state index in [2.05, 4.69) is 24.2 Å². The Morgan fingerprint density at radius 2 is 1.82 bits per heavy atom. The van der Waals surface area contributed by atoms with Gasteiger partial charge in [-0.05, 0) is 71.1 Å². The average Bonchev–Trinajstić information content (AvgIpc) is 2.26. The lowest BCUT2D eigenvalue weighted by Gasteiger charge is -2.30. The van der Waals surface area contributed by atoms with Gasteiger partial charge >= 0.3 is 0 Å². The summed E-state index contributed by atoms with van der Waals surface area (Å²) < 4.78 is 0. The van der Waals surface area contributed by atoms with Gasteiger partial charge in [-0.15, -0.1) is 0 Å². The number of hydrogen-bond donors (Lipinski definition) is 1. The molecule has 2 fully saturated rings. The third kappa shape index (κ3) is 4.59. The smallest absolute Gasteiger partial charge is 0.00413 e. The SMILES string of the molecule is CC(CC1CCC1)NCCC1CCN(C)CC1. The highest BCUT2D eigenvalue weighted by Gasteiger charge is 2.20. The molecule has 0 bridgehead atoms. The van der Waals surface area contributed by atoms with Gasteiger partial charge in [-0.25, -0.2) is 0 Å². The Hall–Kier alpha value is -0.0800. The molecule has 1 saturated heterocycles. The zero-order valence-corrected chi connectivity index (χ0v) is 11.8. The lowest BCUT2D eigenvalue weighted by Crippen LogP contribution is -2.34. The first-order valence-electron chi connectivity index (χ1n) is 7.66. The van der Waals surface area contributed by atoms with E-state index in [1.165, 1.54) is 64.6 Å². The molecule has 0 spiro atoms. The Labute approximate surface area is 107 Å². The molecular formula is C15H30N2. The molecule has 1 aliphatic heterocycles. The first-order valence-corrected chi connectivity index (χ1v) is 7.66. The van der Waals surface area contributed by atoms with Crippen molar-refractivity contribution in [2.24, 2.45) is 11.8 Å². The first-order chi connectivity index (χ1) is 8.24. The van der Waals surface area contributed by atoms with Gasteiger partial charge in [0, 0.05) is 6.04 Å². The summed E-state index contributed by atoms with van der Waals surface area (Å²) in [4.78, 5) is 2.46. The fourth-order valence-electron chi connectivity index (χ4n) is 3.20. The molecule has 0 aromatic carbocycles. The van der Waals surface area contributed by atoms with E-state index < -0.39 is 0 Å². The van der Waals surface area contributed by atoms with Gasteiger partial charge in [0.15, 0.2) is 0 Å². The van der Waals surface area contributed by atoms with Crippen LogP contribution in [0.1, 0.15) is 51.9 Å². The summed E-state index contributed by atoms with van der Waals surface area (Å²) in [7, 11) is 2.25. The van der Waals surface area contributed by atoms with Crippen molar-refractivity contribution in [2.75, 3.05) is 26.7 Å². The van der Waals surface area contributed by atoms with Gasteiger partial charge in [-0.3, -0.25) is 0 Å². The van der Waals surface area contributed by atoms with E-state index in [1.807, 2.05) is 0 Å². The topological polar surface area (TPSA) is 15.3 Å². The normalized spacial score (nSPS) is 25.8. The molecular weight excluding hydrogens is 208 g/mol. The summed E-state index contributed by atoms with van der Waals surface area (Å²) in [5.41, 5.74) is 0. The zero-order valence-electron chi connectivity index (χ0n) is 11.8. The molecule has 0 radical (unpaired) electrons. The Morgan fingerprint density at radius 1 is 1.12 bits per heavy atom. The predicted octanol–water partition coefficient (Wildman–Crippen LogP) is 2.89. The molecule has 1 unspecified atom stereocenters. The number of hydrogen-bond acceptors (Lipinski definition) is 2. The van der Waals surface area contributed by atoms with Crippen LogP contribution >= 0.6 is 0 Å². The van der Waals surface area contributed by atoms with Crippen molar-refractivity contribution in [2.45, 2.75) is 57.9 Å². The van der Waals surface area contributed by atoms with E-state index in [0.717, 1.165) is 17.9 Å². The van der Waals surface area contributed by atoms with E-state index in [9.17, 15) is 0 Å². The number of nitrogens with zero attached hydrogens (tertiary/aromatic N) is 1. The third-order valence-electron chi connectivity index (χ3n) is 4.80. The highest BCUT2D eigenvalue weighted by atomic mass is 15.1. The summed E-state index contributed by atoms with van der Waals surface area (Å²) in [6, 6.07) is 0.742. The second-order valence-electron chi connectivity index (χ2n) is 6.42. The Balaban J connectivity index is 1.50. The molecule has 2 aliphatic rings. The number of piperidine rings is 1. The number of nitrogens with one attached hydrogen (secondary N) is 1. The van der Waals surface area contributed by atoms with Gasteiger partial charge in [0.1, 0.15) is 0 Å². The van der Waals surface area contributed by atoms with Gasteiger partial charge in [0.05, 0.1) is 0 Å². The fourth-order valence-corrected chi connectivity index (χ4v) is 3.20. The zero-order chi connectivity index (χ0) is 12.1. The number of rotatable bonds is 6. The van der Waals surface area contributed by atoms with Crippen LogP contribution in [0.4, 0.5) is 0 Å². The molecule has 1 atom stereocenters. The van der Waals surface area contributed by atoms with Crippen LogP contribution < -0.4 is 5.32 Å². The summed E-state index contributed by atoms with van der Waals surface area (Å²) in [5.74, 6) is 2.02. The molecule has 1 heterocycles. The van der Waals surface area contributed by atoms with Crippen LogP contribution in [0.3, 0.4) is 0 Å². The second kappa shape index (κ2) is 6.75. The molecule has 2 nitrogen and oxygen atoms in total. The Bertz CT molecular complexity index is 205. The largest absolute Gasteiger partial charge is 0.314 e. The average molecular weight is 238 g/mol. The van der Waals surface area contributed by atoms with Gasteiger partial charge in [0.25, 0.3) is 0 Å². The Morgan fingerprint density at radius 3 is 2.41 bits per heavy atom. The van der Waals surface area contributed by atoms with Crippen LogP contribution in [0.15, 0.2) is 0 Å². The highest BCUT2D eigenvalue weighted by Crippen LogP contribution is 2.30. The minimum atomic E-state index is 0.742. The minimum Gasteiger partial charge on any atom is -0.314 e. The molecule has 2 rings (SSSR count). The predicted molar refractivity (Wildman–Crippen MR) is 74.3 cm³/mol. The van der Waals surface area contributed by atoms with Crippen molar-refractivity contribution in [3.05, 3.63) is 0 Å². The molecule has 1 N–H and O–H groups in total. The molecule has 1 saturated carbocycles. The maximum atomic E-state index is 3.73. The van der Waals surface area contributed by atoms with E-state index in [4.69, 9.17) is 0 Å². The van der Waals surface area contributed by atoms with E-state index in [-0.39, 0.29) is 0 Å². The minimum absolute atomic E-state index is 0.742. The van der Waals surface area contributed by atoms with Gasteiger partial charge in [0.2, 0.25) is 0 Å². The van der Waals surface area contributed by atoms with Gasteiger partial charge in [-0.2, -0.15) is 0 Å². The van der Waals surface area contributed by atoms with Crippen LogP contribution in [-0.4, -0.2) is 37.6 Å². The van der Waals surface area contributed by atoms with E-state index in [1.54, 1.807) is 0 Å². The standard InChI is InChI=1S/C15H30N2/c1-13(12-15-4-3-5-15)16-9-6-14-7-10-17(2)11-8-14/h13-16H,3-12H2,1-2H3. The molecule has 2 heteroatoms. The molecule has 0 aromatic rings. The summed E-state index contributed by atoms with van der Waals surface area (Å²) in [6.07, 6.45) is 10.1. The van der Waals surface area contributed by atoms with Crippen LogP contribution in [0.25, 0.3) is 0 Å². The van der Waals surface area contributed by atoms with Gasteiger partial charge < -0.3 is 10.2 Å². The van der Waals surface area contributed by atoms with Crippen molar-refractivity contribution in [1.29, 1.82) is 0 Å².